The molecular weight excluding hydrogens is 635 g/mol. The minimum atomic E-state index is -0.228. The van der Waals surface area contributed by atoms with Crippen LogP contribution in [0.3, 0.4) is 0 Å². The minimum Gasteiger partial charge on any atom is -0.347 e. The predicted molar refractivity (Wildman–Crippen MR) is 218 cm³/mol. The molecule has 5 aromatic carbocycles. The molecule has 2 aliphatic rings. The smallest absolute Gasteiger partial charge is 0.259 e. The number of benzene rings is 5. The number of hydrogen-bond donors (Lipinski definition) is 0. The fraction of sp³-hybridized carbons (Fsp3) is 0.167. The number of likely N-dealkylation sites (N-methyl/N-ethyl adjacent to an activating group) is 2. The molecule has 4 heteroatoms. The van der Waals surface area contributed by atoms with Crippen LogP contribution in [0.5, 0.6) is 0 Å². The molecule has 1 aromatic heterocycles. The van der Waals surface area contributed by atoms with Crippen LogP contribution in [0.2, 0.25) is 0 Å². The largest absolute Gasteiger partial charge is 0.347 e. The third kappa shape index (κ3) is 5.29. The van der Waals surface area contributed by atoms with Gasteiger partial charge in [-0.15, -0.1) is 0 Å². The Morgan fingerprint density at radius 3 is 1.85 bits per heavy atom. The van der Waals surface area contributed by atoms with Gasteiger partial charge in [-0.2, -0.15) is 4.57 Å². The zero-order valence-electron chi connectivity index (χ0n) is 30.8. The third-order valence-electron chi connectivity index (χ3n) is 11.2. The molecule has 0 bridgehead atoms. The second-order valence-corrected chi connectivity index (χ2v) is 14.9. The standard InChI is InChI=1S/C48H44N3O/c1-47(2)38-23-10-13-26-41(38)49(5)44(47)28-16-19-34-31-32-51(40-25-12-9-21-36(34)40)43(46(52)37-22-15-18-33-17-7-8-20-35(33)37)29-30-45-48(3,4)39-24-11-14-27-42(39)50(45)6/h7-32H,1-6H3/q+1/b43-29+,45-30+. The van der Waals surface area contributed by atoms with Gasteiger partial charge in [0.25, 0.3) is 11.5 Å². The highest BCUT2D eigenvalue weighted by molar-refractivity contribution is 6.26. The molecule has 0 unspecified atom stereocenters. The molecule has 0 atom stereocenters. The van der Waals surface area contributed by atoms with Crippen LogP contribution in [0, 0.1) is 0 Å². The Labute approximate surface area is 307 Å². The van der Waals surface area contributed by atoms with Crippen molar-refractivity contribution >= 4 is 50.6 Å². The molecule has 0 amide bonds. The van der Waals surface area contributed by atoms with Crippen LogP contribution in [0.1, 0.15) is 54.7 Å². The Bertz CT molecular complexity index is 2520. The number of hydrogen-bond acceptors (Lipinski definition) is 3. The van der Waals surface area contributed by atoms with E-state index in [1.165, 1.54) is 28.2 Å². The summed E-state index contributed by atoms with van der Waals surface area (Å²) in [5.41, 5.74) is 10.4. The first-order valence-electron chi connectivity index (χ1n) is 18.0. The lowest BCUT2D eigenvalue weighted by molar-refractivity contribution is -0.547. The summed E-state index contributed by atoms with van der Waals surface area (Å²) in [5.74, 6) is -0.0288. The molecule has 0 spiro atoms. The summed E-state index contributed by atoms with van der Waals surface area (Å²) in [5, 5.41) is 3.05. The Hall–Kier alpha value is -6.00. The molecule has 2 aliphatic heterocycles. The van der Waals surface area contributed by atoms with E-state index < -0.39 is 0 Å². The number of fused-ring (bicyclic) bond motifs is 4. The van der Waals surface area contributed by atoms with Gasteiger partial charge in [0.15, 0.2) is 6.20 Å². The first kappa shape index (κ1) is 33.2. The number of rotatable bonds is 6. The van der Waals surface area contributed by atoms with Crippen molar-refractivity contribution in [1.29, 1.82) is 0 Å². The second-order valence-electron chi connectivity index (χ2n) is 14.9. The van der Waals surface area contributed by atoms with E-state index >= 15 is 0 Å². The van der Waals surface area contributed by atoms with E-state index in [1.54, 1.807) is 0 Å². The summed E-state index contributed by atoms with van der Waals surface area (Å²) in [6.07, 6.45) is 12.8. The maximum Gasteiger partial charge on any atom is 0.259 e. The van der Waals surface area contributed by atoms with E-state index in [-0.39, 0.29) is 16.6 Å². The van der Waals surface area contributed by atoms with Crippen LogP contribution in [-0.4, -0.2) is 19.9 Å². The Morgan fingerprint density at radius 2 is 1.17 bits per heavy atom. The number of para-hydroxylation sites is 3. The van der Waals surface area contributed by atoms with Crippen molar-refractivity contribution in [2.24, 2.45) is 0 Å². The number of carbonyl (C=O) groups is 1. The second kappa shape index (κ2) is 12.6. The van der Waals surface area contributed by atoms with Gasteiger partial charge in [0.1, 0.15) is 0 Å². The van der Waals surface area contributed by atoms with E-state index in [4.69, 9.17) is 0 Å². The molecule has 0 saturated carbocycles. The molecule has 0 aliphatic carbocycles. The minimum absolute atomic E-state index is 0.0288. The first-order chi connectivity index (χ1) is 25.1. The average Bonchev–Trinajstić information content (AvgIpc) is 3.48. The van der Waals surface area contributed by atoms with Crippen molar-refractivity contribution in [3.05, 3.63) is 185 Å². The SMILES string of the molecule is CN1/C(=C/C=C/c2cc[n+](/C(=C/C=C3/N(C)c4ccccc4C3(C)C)C(=O)c3cccc4ccccc34)c3ccccc23)C(C)(C)c2ccccc21. The molecule has 6 aromatic rings. The normalized spacial score (nSPS) is 17.8. The van der Waals surface area contributed by atoms with Gasteiger partial charge >= 0.3 is 0 Å². The molecule has 256 valence electrons. The van der Waals surface area contributed by atoms with Gasteiger partial charge < -0.3 is 9.80 Å². The number of anilines is 2. The van der Waals surface area contributed by atoms with Crippen molar-refractivity contribution in [1.82, 2.24) is 0 Å². The van der Waals surface area contributed by atoms with Gasteiger partial charge in [0.2, 0.25) is 5.52 Å². The highest BCUT2D eigenvalue weighted by Gasteiger charge is 2.39. The Morgan fingerprint density at radius 1 is 0.615 bits per heavy atom. The van der Waals surface area contributed by atoms with E-state index in [2.05, 4.69) is 165 Å². The summed E-state index contributed by atoms with van der Waals surface area (Å²) >= 11 is 0. The van der Waals surface area contributed by atoms with E-state index in [1.807, 2.05) is 48.7 Å². The molecule has 4 nitrogen and oxygen atoms in total. The van der Waals surface area contributed by atoms with Crippen molar-refractivity contribution in [3.63, 3.8) is 0 Å². The summed E-state index contributed by atoms with van der Waals surface area (Å²) in [4.78, 5) is 19.4. The van der Waals surface area contributed by atoms with Gasteiger partial charge in [-0.1, -0.05) is 131 Å². The lowest BCUT2D eigenvalue weighted by atomic mass is 9.83. The Balaban J connectivity index is 1.25. The van der Waals surface area contributed by atoms with Crippen LogP contribution in [0.15, 0.2) is 163 Å². The topological polar surface area (TPSA) is 27.4 Å². The van der Waals surface area contributed by atoms with Gasteiger partial charge in [0, 0.05) is 71.5 Å². The lowest BCUT2D eigenvalue weighted by Gasteiger charge is -2.23. The first-order valence-corrected chi connectivity index (χ1v) is 18.0. The number of allylic oxidation sites excluding steroid dienone is 7. The molecule has 3 heterocycles. The average molecular weight is 679 g/mol. The molecular formula is C48H44N3O+. The number of aromatic nitrogens is 1. The zero-order valence-corrected chi connectivity index (χ0v) is 30.8. The van der Waals surface area contributed by atoms with Crippen LogP contribution >= 0.6 is 0 Å². The fourth-order valence-electron chi connectivity index (χ4n) is 8.44. The molecule has 0 N–H and O–H groups in total. The maximum atomic E-state index is 14.9. The summed E-state index contributed by atoms with van der Waals surface area (Å²) < 4.78 is 2.06. The zero-order chi connectivity index (χ0) is 36.2. The number of Topliss-reactive ketones (excluding diaryl/α,β-unsaturated/α-hetero) is 1. The number of ketones is 1. The molecule has 0 radical (unpaired) electrons. The van der Waals surface area contributed by atoms with Crippen LogP contribution in [-0.2, 0) is 10.8 Å². The highest BCUT2D eigenvalue weighted by Crippen LogP contribution is 2.47. The van der Waals surface area contributed by atoms with Gasteiger partial charge in [-0.25, -0.2) is 0 Å². The van der Waals surface area contributed by atoms with E-state index in [9.17, 15) is 4.79 Å². The van der Waals surface area contributed by atoms with Crippen molar-refractivity contribution < 1.29 is 9.36 Å². The third-order valence-corrected chi connectivity index (χ3v) is 11.2. The Kier molecular flexibility index (Phi) is 8.06. The van der Waals surface area contributed by atoms with E-state index in [0.717, 1.165) is 32.9 Å². The van der Waals surface area contributed by atoms with Crippen molar-refractivity contribution in [2.45, 2.75) is 38.5 Å². The molecule has 52 heavy (non-hydrogen) atoms. The predicted octanol–water partition coefficient (Wildman–Crippen LogP) is 10.6. The van der Waals surface area contributed by atoms with Crippen LogP contribution < -0.4 is 14.4 Å². The summed E-state index contributed by atoms with van der Waals surface area (Å²) in [6.45, 7) is 9.08. The van der Waals surface area contributed by atoms with Crippen LogP contribution in [0.25, 0.3) is 33.4 Å². The van der Waals surface area contributed by atoms with Crippen molar-refractivity contribution in [3.8, 4) is 0 Å². The quantitative estimate of drug-likeness (QED) is 0.0997. The van der Waals surface area contributed by atoms with Crippen LogP contribution in [0.4, 0.5) is 11.4 Å². The number of carbonyl (C=O) groups excluding carboxylic acids is 1. The summed E-state index contributed by atoms with van der Waals surface area (Å²) in [7, 11) is 4.26. The maximum absolute atomic E-state index is 14.9. The molecule has 0 saturated heterocycles. The highest BCUT2D eigenvalue weighted by atomic mass is 16.1. The van der Waals surface area contributed by atoms with E-state index in [0.29, 0.717) is 11.3 Å². The number of pyridine rings is 1. The van der Waals surface area contributed by atoms with Gasteiger partial charge in [0.05, 0.1) is 5.39 Å². The molecule has 8 rings (SSSR count). The molecule has 0 fully saturated rings. The summed E-state index contributed by atoms with van der Waals surface area (Å²) in [6, 6.07) is 41.8. The van der Waals surface area contributed by atoms with Crippen molar-refractivity contribution in [2.75, 3.05) is 23.9 Å². The van der Waals surface area contributed by atoms with Gasteiger partial charge in [-0.05, 0) is 57.8 Å². The number of nitrogens with zero attached hydrogens (tertiary/aromatic N) is 3. The fourth-order valence-corrected chi connectivity index (χ4v) is 8.44. The lowest BCUT2D eigenvalue weighted by Crippen LogP contribution is -2.37. The van der Waals surface area contributed by atoms with Gasteiger partial charge in [-0.3, -0.25) is 4.79 Å². The monoisotopic (exact) mass is 678 g/mol.